The summed E-state index contributed by atoms with van der Waals surface area (Å²) in [4.78, 5) is 12.3. The normalized spacial score (nSPS) is 10.8. The van der Waals surface area contributed by atoms with Crippen LogP contribution in [-0.2, 0) is 11.3 Å². The van der Waals surface area contributed by atoms with Crippen molar-refractivity contribution in [2.24, 2.45) is 0 Å². The van der Waals surface area contributed by atoms with E-state index in [1.165, 1.54) is 17.3 Å². The molecule has 1 aromatic heterocycles. The third-order valence-corrected chi connectivity index (χ3v) is 5.22. The molecule has 6 heteroatoms. The maximum absolute atomic E-state index is 12.3. The molecule has 0 aliphatic rings. The quantitative estimate of drug-likeness (QED) is 0.434. The first-order valence-electron chi connectivity index (χ1n) is 9.20. The lowest BCUT2D eigenvalue weighted by molar-refractivity contribution is -0.113. The highest BCUT2D eigenvalue weighted by atomic mass is 32.2. The van der Waals surface area contributed by atoms with Crippen LogP contribution in [-0.4, -0.2) is 26.4 Å². The minimum absolute atomic E-state index is 0.0725. The summed E-state index contributed by atoms with van der Waals surface area (Å²) in [7, 11) is 0. The Morgan fingerprint density at radius 1 is 1.14 bits per heavy atom. The molecule has 5 nitrogen and oxygen atoms in total. The summed E-state index contributed by atoms with van der Waals surface area (Å²) in [6.07, 6.45) is 1.80. The number of thioether (sulfide) groups is 1. The van der Waals surface area contributed by atoms with Crippen LogP contribution in [0.4, 0.5) is 5.69 Å². The lowest BCUT2D eigenvalue weighted by Gasteiger charge is -2.09. The van der Waals surface area contributed by atoms with Gasteiger partial charge in [0.25, 0.3) is 0 Å². The summed E-state index contributed by atoms with van der Waals surface area (Å²) < 4.78 is 1.97. The number of benzene rings is 2. The van der Waals surface area contributed by atoms with Gasteiger partial charge in [-0.05, 0) is 23.6 Å². The van der Waals surface area contributed by atoms with Gasteiger partial charge in [-0.25, -0.2) is 0 Å². The molecule has 2 aromatic carbocycles. The number of aromatic nitrogens is 3. The van der Waals surface area contributed by atoms with E-state index < -0.39 is 0 Å². The van der Waals surface area contributed by atoms with Crippen LogP contribution in [0, 0.1) is 0 Å². The Hall–Kier alpha value is -2.86. The zero-order valence-corrected chi connectivity index (χ0v) is 16.9. The molecule has 0 radical (unpaired) electrons. The van der Waals surface area contributed by atoms with Gasteiger partial charge in [-0.15, -0.1) is 16.8 Å². The smallest absolute Gasteiger partial charge is 0.234 e. The Balaban J connectivity index is 1.66. The Morgan fingerprint density at radius 2 is 1.86 bits per heavy atom. The van der Waals surface area contributed by atoms with Crippen LogP contribution in [0.1, 0.15) is 25.3 Å². The van der Waals surface area contributed by atoms with Crippen LogP contribution in [0.5, 0.6) is 0 Å². The Labute approximate surface area is 169 Å². The van der Waals surface area contributed by atoms with E-state index in [1.807, 2.05) is 59.2 Å². The maximum atomic E-state index is 12.3. The third kappa shape index (κ3) is 4.89. The van der Waals surface area contributed by atoms with Gasteiger partial charge in [0.15, 0.2) is 11.0 Å². The highest BCUT2D eigenvalue weighted by molar-refractivity contribution is 7.99. The van der Waals surface area contributed by atoms with Crippen molar-refractivity contribution >= 4 is 23.4 Å². The maximum Gasteiger partial charge on any atom is 0.234 e. The topological polar surface area (TPSA) is 59.8 Å². The zero-order chi connectivity index (χ0) is 19.9. The predicted molar refractivity (Wildman–Crippen MR) is 116 cm³/mol. The Kier molecular flexibility index (Phi) is 6.66. The van der Waals surface area contributed by atoms with Gasteiger partial charge in [0.1, 0.15) is 0 Å². The number of carbonyl (C=O) groups excluding carboxylic acids is 1. The predicted octanol–water partition coefficient (Wildman–Crippen LogP) is 4.99. The number of anilines is 1. The highest BCUT2D eigenvalue weighted by Crippen LogP contribution is 2.24. The SMILES string of the molecule is C=CCn1c(SCC(=O)Nc2ccc(C(C)C)cc2)nnc1-c1ccccc1. The lowest BCUT2D eigenvalue weighted by atomic mass is 10.0. The summed E-state index contributed by atoms with van der Waals surface area (Å²) in [6.45, 7) is 8.69. The minimum Gasteiger partial charge on any atom is -0.325 e. The van der Waals surface area contributed by atoms with Crippen molar-refractivity contribution in [1.29, 1.82) is 0 Å². The second kappa shape index (κ2) is 9.37. The van der Waals surface area contributed by atoms with Crippen LogP contribution in [0.15, 0.2) is 72.4 Å². The summed E-state index contributed by atoms with van der Waals surface area (Å²) in [5, 5.41) is 12.2. The zero-order valence-electron chi connectivity index (χ0n) is 16.1. The first-order chi connectivity index (χ1) is 13.6. The van der Waals surface area contributed by atoms with E-state index in [0.717, 1.165) is 17.1 Å². The molecule has 0 aliphatic carbocycles. The van der Waals surface area contributed by atoms with Gasteiger partial charge >= 0.3 is 0 Å². The molecule has 3 rings (SSSR count). The number of rotatable bonds is 8. The largest absolute Gasteiger partial charge is 0.325 e. The molecule has 0 fully saturated rings. The van der Waals surface area contributed by atoms with Crippen molar-refractivity contribution in [3.8, 4) is 11.4 Å². The van der Waals surface area contributed by atoms with Gasteiger partial charge in [0.05, 0.1) is 5.75 Å². The van der Waals surface area contributed by atoms with Gasteiger partial charge in [-0.2, -0.15) is 0 Å². The van der Waals surface area contributed by atoms with E-state index >= 15 is 0 Å². The number of amides is 1. The van der Waals surface area contributed by atoms with Gasteiger partial charge in [0, 0.05) is 17.8 Å². The summed E-state index contributed by atoms with van der Waals surface area (Å²) in [5.41, 5.74) is 3.03. The monoisotopic (exact) mass is 392 g/mol. The molecule has 0 bridgehead atoms. The second-order valence-electron chi connectivity index (χ2n) is 6.69. The van der Waals surface area contributed by atoms with Crippen molar-refractivity contribution in [1.82, 2.24) is 14.8 Å². The highest BCUT2D eigenvalue weighted by Gasteiger charge is 2.15. The van der Waals surface area contributed by atoms with E-state index in [-0.39, 0.29) is 11.7 Å². The Morgan fingerprint density at radius 3 is 2.50 bits per heavy atom. The summed E-state index contributed by atoms with van der Waals surface area (Å²) in [5.74, 6) is 1.43. The summed E-state index contributed by atoms with van der Waals surface area (Å²) >= 11 is 1.37. The standard InChI is InChI=1S/C22H24N4OS/c1-4-14-26-21(18-8-6-5-7-9-18)24-25-22(26)28-15-20(27)23-19-12-10-17(11-13-19)16(2)3/h4-13,16H,1,14-15H2,2-3H3,(H,23,27). The second-order valence-corrected chi connectivity index (χ2v) is 7.63. The van der Waals surface area contributed by atoms with Crippen LogP contribution in [0.2, 0.25) is 0 Å². The fraction of sp³-hybridized carbons (Fsp3) is 0.227. The van der Waals surface area contributed by atoms with Crippen molar-refractivity contribution in [2.45, 2.75) is 31.5 Å². The van der Waals surface area contributed by atoms with Gasteiger partial charge in [-0.1, -0.05) is 74.1 Å². The number of hydrogen-bond donors (Lipinski definition) is 1. The number of nitrogens with one attached hydrogen (secondary N) is 1. The first-order valence-corrected chi connectivity index (χ1v) is 10.2. The number of hydrogen-bond acceptors (Lipinski definition) is 4. The first kappa shape index (κ1) is 19.9. The van der Waals surface area contributed by atoms with E-state index in [1.54, 1.807) is 6.08 Å². The van der Waals surface area contributed by atoms with Crippen LogP contribution in [0.25, 0.3) is 11.4 Å². The number of allylic oxidation sites excluding steroid dienone is 1. The van der Waals surface area contributed by atoms with E-state index in [4.69, 9.17) is 0 Å². The van der Waals surface area contributed by atoms with Crippen LogP contribution >= 0.6 is 11.8 Å². The molecule has 1 N–H and O–H groups in total. The Bertz CT molecular complexity index is 933. The lowest BCUT2D eigenvalue weighted by Crippen LogP contribution is -2.14. The van der Waals surface area contributed by atoms with E-state index in [2.05, 4.69) is 35.9 Å². The molecule has 28 heavy (non-hydrogen) atoms. The van der Waals surface area contributed by atoms with Gasteiger partial charge in [-0.3, -0.25) is 9.36 Å². The van der Waals surface area contributed by atoms with Crippen LogP contribution in [0.3, 0.4) is 0 Å². The molecular weight excluding hydrogens is 368 g/mol. The molecule has 144 valence electrons. The molecule has 1 heterocycles. The van der Waals surface area contributed by atoms with Crippen molar-refractivity contribution < 1.29 is 4.79 Å². The van der Waals surface area contributed by atoms with Crippen molar-refractivity contribution in [2.75, 3.05) is 11.1 Å². The molecule has 0 atom stereocenters. The molecule has 0 saturated carbocycles. The molecule has 0 aliphatic heterocycles. The average molecular weight is 393 g/mol. The molecular formula is C22H24N4OS. The van der Waals surface area contributed by atoms with Crippen LogP contribution < -0.4 is 5.32 Å². The molecule has 0 spiro atoms. The van der Waals surface area contributed by atoms with E-state index in [9.17, 15) is 4.79 Å². The number of carbonyl (C=O) groups is 1. The van der Waals surface area contributed by atoms with Crippen molar-refractivity contribution in [3.05, 3.63) is 72.8 Å². The number of nitrogens with zero attached hydrogens (tertiary/aromatic N) is 3. The molecule has 0 unspecified atom stereocenters. The fourth-order valence-corrected chi connectivity index (χ4v) is 3.52. The van der Waals surface area contributed by atoms with E-state index in [0.29, 0.717) is 17.6 Å². The third-order valence-electron chi connectivity index (χ3n) is 4.25. The molecule has 0 saturated heterocycles. The molecule has 1 amide bonds. The van der Waals surface area contributed by atoms with Crippen molar-refractivity contribution in [3.63, 3.8) is 0 Å². The van der Waals surface area contributed by atoms with Gasteiger partial charge in [0.2, 0.25) is 5.91 Å². The summed E-state index contributed by atoms with van der Waals surface area (Å²) in [6, 6.07) is 17.8. The van der Waals surface area contributed by atoms with Gasteiger partial charge < -0.3 is 5.32 Å². The fourth-order valence-electron chi connectivity index (χ4n) is 2.77. The average Bonchev–Trinajstić information content (AvgIpc) is 3.10. The minimum atomic E-state index is -0.0725. The molecule has 3 aromatic rings.